The van der Waals surface area contributed by atoms with Crippen LogP contribution in [0, 0.1) is 13.8 Å². The van der Waals surface area contributed by atoms with E-state index in [-0.39, 0.29) is 11.3 Å². The number of aromatic nitrogens is 5. The van der Waals surface area contributed by atoms with Gasteiger partial charge in [-0.1, -0.05) is 6.92 Å². The molecule has 0 bridgehead atoms. The average molecular weight is 268 g/mol. The lowest BCUT2D eigenvalue weighted by Crippen LogP contribution is -2.07. The molecule has 0 radical (unpaired) electrons. The number of hydrogen-bond donors (Lipinski definition) is 0. The summed E-state index contributed by atoms with van der Waals surface area (Å²) >= 11 is 5.86. The van der Waals surface area contributed by atoms with Gasteiger partial charge in [0, 0.05) is 5.69 Å². The molecule has 2 heterocycles. The minimum Gasteiger partial charge on any atom is -0.463 e. The first-order chi connectivity index (χ1) is 8.61. The molecule has 0 aromatic carbocycles. The van der Waals surface area contributed by atoms with Crippen molar-refractivity contribution in [3.63, 3.8) is 0 Å². The highest BCUT2D eigenvalue weighted by atomic mass is 35.5. The van der Waals surface area contributed by atoms with Gasteiger partial charge in [0.2, 0.25) is 11.2 Å². The Kier molecular flexibility index (Phi) is 3.76. The number of aryl methyl sites for hydroxylation is 1. The Morgan fingerprint density at radius 1 is 1.28 bits per heavy atom. The van der Waals surface area contributed by atoms with Crippen LogP contribution in [0.2, 0.25) is 5.28 Å². The molecule has 0 aliphatic carbocycles. The lowest BCUT2D eigenvalue weighted by atomic mass is 10.4. The first-order valence-corrected chi connectivity index (χ1v) is 6.05. The number of nitrogens with zero attached hydrogens (tertiary/aromatic N) is 5. The molecule has 0 fully saturated rings. The summed E-state index contributed by atoms with van der Waals surface area (Å²) in [4.78, 5) is 16.4. The van der Waals surface area contributed by atoms with Gasteiger partial charge in [-0.3, -0.25) is 4.57 Å². The van der Waals surface area contributed by atoms with Gasteiger partial charge in [0.25, 0.3) is 0 Å². The van der Waals surface area contributed by atoms with Crippen LogP contribution in [0.25, 0.3) is 5.95 Å². The minimum absolute atomic E-state index is 0.108. The summed E-state index contributed by atoms with van der Waals surface area (Å²) in [5.41, 5.74) is 1.88. The van der Waals surface area contributed by atoms with Gasteiger partial charge in [-0.05, 0) is 31.9 Å². The Morgan fingerprint density at radius 3 is 2.67 bits per heavy atom. The molecule has 0 spiro atoms. The van der Waals surface area contributed by atoms with E-state index in [4.69, 9.17) is 16.3 Å². The Balaban J connectivity index is 2.38. The van der Waals surface area contributed by atoms with Crippen LogP contribution in [0.4, 0.5) is 0 Å². The monoisotopic (exact) mass is 267 g/mol. The van der Waals surface area contributed by atoms with E-state index in [0.717, 1.165) is 17.8 Å². The zero-order chi connectivity index (χ0) is 13.1. The van der Waals surface area contributed by atoms with Crippen LogP contribution in [0.15, 0.2) is 6.33 Å². The Morgan fingerprint density at radius 2 is 2.06 bits per heavy atom. The summed E-state index contributed by atoms with van der Waals surface area (Å²) in [6, 6.07) is 0.234. The summed E-state index contributed by atoms with van der Waals surface area (Å²) in [6.45, 7) is 6.41. The van der Waals surface area contributed by atoms with Gasteiger partial charge in [-0.15, -0.1) is 0 Å². The molecule has 0 saturated carbocycles. The zero-order valence-corrected chi connectivity index (χ0v) is 11.3. The van der Waals surface area contributed by atoms with E-state index < -0.39 is 0 Å². The van der Waals surface area contributed by atoms with Gasteiger partial charge in [0.15, 0.2) is 0 Å². The summed E-state index contributed by atoms with van der Waals surface area (Å²) in [6.07, 6.45) is 2.53. The summed E-state index contributed by atoms with van der Waals surface area (Å²) in [5.74, 6) is 0.416. The number of ether oxygens (including phenoxy) is 1. The van der Waals surface area contributed by atoms with Crippen molar-refractivity contribution in [2.45, 2.75) is 27.2 Å². The van der Waals surface area contributed by atoms with Gasteiger partial charge < -0.3 is 4.74 Å². The van der Waals surface area contributed by atoms with Crippen LogP contribution in [-0.2, 0) is 0 Å². The van der Waals surface area contributed by atoms with E-state index in [1.807, 2.05) is 20.8 Å². The third-order valence-electron chi connectivity index (χ3n) is 2.48. The molecule has 0 aliphatic rings. The highest BCUT2D eigenvalue weighted by Gasteiger charge is 2.11. The van der Waals surface area contributed by atoms with Gasteiger partial charge in [0.1, 0.15) is 6.33 Å². The fourth-order valence-electron chi connectivity index (χ4n) is 1.39. The molecule has 7 heteroatoms. The van der Waals surface area contributed by atoms with Crippen LogP contribution in [0.1, 0.15) is 24.7 Å². The SMILES string of the molecule is CCCOc1nc(Cl)nc(-n2cnc(C)c2C)n1. The van der Waals surface area contributed by atoms with Crippen molar-refractivity contribution in [1.82, 2.24) is 24.5 Å². The highest BCUT2D eigenvalue weighted by Crippen LogP contribution is 2.14. The second-order valence-corrected chi connectivity index (χ2v) is 4.16. The van der Waals surface area contributed by atoms with Crippen molar-refractivity contribution >= 4 is 11.6 Å². The molecule has 0 N–H and O–H groups in total. The second kappa shape index (κ2) is 5.30. The number of rotatable bonds is 4. The maximum atomic E-state index is 5.86. The quantitative estimate of drug-likeness (QED) is 0.849. The molecule has 2 aromatic heterocycles. The highest BCUT2D eigenvalue weighted by molar-refractivity contribution is 6.28. The molecule has 0 atom stereocenters. The molecular formula is C11H14ClN5O. The molecule has 0 saturated heterocycles. The fourth-order valence-corrected chi connectivity index (χ4v) is 1.54. The molecule has 0 aliphatic heterocycles. The van der Waals surface area contributed by atoms with Crippen molar-refractivity contribution in [3.8, 4) is 12.0 Å². The lowest BCUT2D eigenvalue weighted by Gasteiger charge is -2.06. The molecule has 6 nitrogen and oxygen atoms in total. The minimum atomic E-state index is 0.108. The van der Waals surface area contributed by atoms with E-state index in [2.05, 4.69) is 19.9 Å². The van der Waals surface area contributed by atoms with Crippen LogP contribution < -0.4 is 4.74 Å². The lowest BCUT2D eigenvalue weighted by molar-refractivity contribution is 0.291. The van der Waals surface area contributed by atoms with E-state index in [1.165, 1.54) is 0 Å². The number of halogens is 1. The molecule has 96 valence electrons. The van der Waals surface area contributed by atoms with Crippen LogP contribution >= 0.6 is 11.6 Å². The standard InChI is InChI=1S/C11H14ClN5O/c1-4-5-18-11-15-9(12)14-10(16-11)17-6-13-7(2)8(17)3/h6H,4-5H2,1-3H3. The van der Waals surface area contributed by atoms with Crippen LogP contribution in [0.3, 0.4) is 0 Å². The third-order valence-corrected chi connectivity index (χ3v) is 2.65. The van der Waals surface area contributed by atoms with Crippen molar-refractivity contribution in [2.75, 3.05) is 6.61 Å². The topological polar surface area (TPSA) is 65.7 Å². The molecule has 0 unspecified atom stereocenters. The second-order valence-electron chi connectivity index (χ2n) is 3.82. The smallest absolute Gasteiger partial charge is 0.322 e. The van der Waals surface area contributed by atoms with Crippen molar-refractivity contribution < 1.29 is 4.74 Å². The zero-order valence-electron chi connectivity index (χ0n) is 10.5. The van der Waals surface area contributed by atoms with Crippen LogP contribution in [-0.4, -0.2) is 31.1 Å². The number of hydrogen-bond acceptors (Lipinski definition) is 5. The summed E-state index contributed by atoms with van der Waals surface area (Å²) < 4.78 is 7.12. The van der Waals surface area contributed by atoms with Gasteiger partial charge >= 0.3 is 6.01 Å². The average Bonchev–Trinajstić information content (AvgIpc) is 2.67. The summed E-state index contributed by atoms with van der Waals surface area (Å²) in [7, 11) is 0. The largest absolute Gasteiger partial charge is 0.463 e. The molecule has 2 rings (SSSR count). The Labute approximate surface area is 110 Å². The predicted molar refractivity (Wildman–Crippen MR) is 67.2 cm³/mol. The van der Waals surface area contributed by atoms with Gasteiger partial charge in [-0.25, -0.2) is 4.98 Å². The summed E-state index contributed by atoms with van der Waals surface area (Å²) in [5, 5.41) is 0.108. The maximum absolute atomic E-state index is 5.86. The Bertz CT molecular complexity index is 554. The van der Waals surface area contributed by atoms with E-state index in [1.54, 1.807) is 10.9 Å². The molecule has 2 aromatic rings. The molecular weight excluding hydrogens is 254 g/mol. The third kappa shape index (κ3) is 2.59. The normalized spacial score (nSPS) is 10.7. The fraction of sp³-hybridized carbons (Fsp3) is 0.455. The van der Waals surface area contributed by atoms with Gasteiger partial charge in [0.05, 0.1) is 12.3 Å². The maximum Gasteiger partial charge on any atom is 0.322 e. The van der Waals surface area contributed by atoms with E-state index in [0.29, 0.717) is 12.6 Å². The Hall–Kier alpha value is -1.69. The molecule has 0 amide bonds. The predicted octanol–water partition coefficient (Wildman–Crippen LogP) is 2.12. The molecule has 18 heavy (non-hydrogen) atoms. The van der Waals surface area contributed by atoms with Gasteiger partial charge in [-0.2, -0.15) is 15.0 Å². The first kappa shape index (κ1) is 12.8. The number of imidazole rings is 1. The first-order valence-electron chi connectivity index (χ1n) is 5.67. The van der Waals surface area contributed by atoms with Crippen molar-refractivity contribution in [1.29, 1.82) is 0 Å². The van der Waals surface area contributed by atoms with E-state index in [9.17, 15) is 0 Å². The van der Waals surface area contributed by atoms with E-state index >= 15 is 0 Å². The van der Waals surface area contributed by atoms with Crippen LogP contribution in [0.5, 0.6) is 6.01 Å². The van der Waals surface area contributed by atoms with Crippen molar-refractivity contribution in [2.24, 2.45) is 0 Å². The van der Waals surface area contributed by atoms with Crippen molar-refractivity contribution in [3.05, 3.63) is 23.0 Å².